The SMILES string of the molecule is CN(C(=O)CCCCF)C1CCCC([Si](C)(C)CC[Si](C)(C)O)C1. The van der Waals surface area contributed by atoms with E-state index < -0.39 is 16.4 Å². The van der Waals surface area contributed by atoms with Crippen LogP contribution in [-0.4, -0.2) is 51.8 Å². The van der Waals surface area contributed by atoms with Gasteiger partial charge >= 0.3 is 0 Å². The molecule has 1 fully saturated rings. The van der Waals surface area contributed by atoms with Gasteiger partial charge in [0.15, 0.2) is 8.32 Å². The Bertz CT molecular complexity index is 399. The van der Waals surface area contributed by atoms with Crippen LogP contribution in [0.5, 0.6) is 0 Å². The number of alkyl halides is 1. The van der Waals surface area contributed by atoms with E-state index in [1.54, 1.807) is 0 Å². The zero-order valence-corrected chi connectivity index (χ0v) is 18.4. The van der Waals surface area contributed by atoms with Gasteiger partial charge in [-0.25, -0.2) is 0 Å². The van der Waals surface area contributed by atoms with Crippen molar-refractivity contribution in [3.63, 3.8) is 0 Å². The van der Waals surface area contributed by atoms with Gasteiger partial charge in [-0.1, -0.05) is 32.0 Å². The van der Waals surface area contributed by atoms with Crippen molar-refractivity contribution in [2.75, 3.05) is 13.7 Å². The summed E-state index contributed by atoms with van der Waals surface area (Å²) in [6.45, 7) is 8.66. The number of amides is 1. The number of hydrogen-bond donors (Lipinski definition) is 1. The van der Waals surface area contributed by atoms with Gasteiger partial charge in [-0.3, -0.25) is 9.18 Å². The zero-order valence-electron chi connectivity index (χ0n) is 16.4. The molecule has 0 aromatic heterocycles. The maximum absolute atomic E-state index is 12.3. The number of nitrogens with zero attached hydrogens (tertiary/aromatic N) is 1. The van der Waals surface area contributed by atoms with Crippen LogP contribution in [0.1, 0.15) is 44.9 Å². The summed E-state index contributed by atoms with van der Waals surface area (Å²) in [6, 6.07) is 2.56. The first-order valence-electron chi connectivity index (χ1n) is 9.61. The smallest absolute Gasteiger partial charge is 0.222 e. The largest absolute Gasteiger partial charge is 0.432 e. The van der Waals surface area contributed by atoms with E-state index in [1.807, 2.05) is 25.0 Å². The fraction of sp³-hybridized carbons (Fsp3) is 0.944. The number of unbranched alkanes of at least 4 members (excludes halogenated alkanes) is 1. The summed E-state index contributed by atoms with van der Waals surface area (Å²) < 4.78 is 12.2. The molecule has 1 saturated carbocycles. The summed E-state index contributed by atoms with van der Waals surface area (Å²) in [4.78, 5) is 24.4. The molecule has 1 amide bonds. The van der Waals surface area contributed by atoms with Crippen molar-refractivity contribution in [1.82, 2.24) is 4.90 Å². The lowest BCUT2D eigenvalue weighted by Gasteiger charge is -2.42. The molecule has 0 aromatic rings. The summed E-state index contributed by atoms with van der Waals surface area (Å²) in [5.74, 6) is 0.178. The van der Waals surface area contributed by atoms with Crippen LogP contribution in [-0.2, 0) is 4.79 Å². The van der Waals surface area contributed by atoms with Crippen molar-refractivity contribution in [2.45, 2.75) is 94.8 Å². The number of halogens is 1. The zero-order chi connectivity index (χ0) is 18.4. The monoisotopic (exact) mass is 375 g/mol. The molecule has 24 heavy (non-hydrogen) atoms. The first-order valence-corrected chi connectivity index (χ1v) is 16.0. The van der Waals surface area contributed by atoms with Crippen LogP contribution in [0.15, 0.2) is 0 Å². The minimum absolute atomic E-state index is 0.178. The Morgan fingerprint density at radius 3 is 2.42 bits per heavy atom. The fourth-order valence-corrected chi connectivity index (χ4v) is 11.1. The molecule has 142 valence electrons. The highest BCUT2D eigenvalue weighted by atomic mass is 28.4. The van der Waals surface area contributed by atoms with E-state index in [-0.39, 0.29) is 12.6 Å². The van der Waals surface area contributed by atoms with Crippen molar-refractivity contribution < 1.29 is 14.0 Å². The Labute approximate surface area is 150 Å². The average Bonchev–Trinajstić information content (AvgIpc) is 2.52. The molecule has 0 spiro atoms. The molecule has 6 heteroatoms. The van der Waals surface area contributed by atoms with E-state index in [0.29, 0.717) is 25.3 Å². The van der Waals surface area contributed by atoms with Crippen LogP contribution >= 0.6 is 0 Å². The van der Waals surface area contributed by atoms with Crippen molar-refractivity contribution in [2.24, 2.45) is 0 Å². The first kappa shape index (κ1) is 21.8. The second-order valence-corrected chi connectivity index (χ2v) is 18.4. The van der Waals surface area contributed by atoms with E-state index in [2.05, 4.69) is 13.1 Å². The molecule has 1 aliphatic rings. The lowest BCUT2D eigenvalue weighted by atomic mass is 9.93. The number of carbonyl (C=O) groups is 1. The first-order chi connectivity index (χ1) is 11.1. The summed E-state index contributed by atoms with van der Waals surface area (Å²) in [5, 5.41) is 0. The topological polar surface area (TPSA) is 40.5 Å². The predicted octanol–water partition coefficient (Wildman–Crippen LogP) is 4.80. The van der Waals surface area contributed by atoms with Crippen molar-refractivity contribution in [3.05, 3.63) is 0 Å². The fourth-order valence-electron chi connectivity index (χ4n) is 3.81. The highest BCUT2D eigenvalue weighted by Gasteiger charge is 2.38. The Hall–Kier alpha value is -0.206. The normalized spacial score (nSPS) is 22.5. The van der Waals surface area contributed by atoms with Gasteiger partial charge in [-0.15, -0.1) is 0 Å². The van der Waals surface area contributed by atoms with Crippen molar-refractivity contribution >= 4 is 22.3 Å². The number of hydrogen-bond acceptors (Lipinski definition) is 2. The van der Waals surface area contributed by atoms with E-state index in [4.69, 9.17) is 0 Å². The van der Waals surface area contributed by atoms with Gasteiger partial charge < -0.3 is 9.70 Å². The Morgan fingerprint density at radius 1 is 1.17 bits per heavy atom. The van der Waals surface area contributed by atoms with Gasteiger partial charge in [0.2, 0.25) is 5.91 Å². The van der Waals surface area contributed by atoms with E-state index >= 15 is 0 Å². The Morgan fingerprint density at radius 2 is 1.83 bits per heavy atom. The highest BCUT2D eigenvalue weighted by molar-refractivity contribution is 6.81. The molecule has 0 radical (unpaired) electrons. The molecule has 0 aromatic carbocycles. The molecule has 0 saturated heterocycles. The van der Waals surface area contributed by atoms with Gasteiger partial charge in [0.25, 0.3) is 0 Å². The molecular formula is C18H38FNO2Si2. The summed E-state index contributed by atoms with van der Waals surface area (Å²) >= 11 is 0. The third kappa shape index (κ3) is 7.36. The molecule has 0 aliphatic heterocycles. The molecule has 3 nitrogen and oxygen atoms in total. The summed E-state index contributed by atoms with van der Waals surface area (Å²) in [7, 11) is -1.41. The van der Waals surface area contributed by atoms with Gasteiger partial charge in [0, 0.05) is 19.5 Å². The van der Waals surface area contributed by atoms with E-state index in [9.17, 15) is 14.0 Å². The molecular weight excluding hydrogens is 337 g/mol. The van der Waals surface area contributed by atoms with E-state index in [0.717, 1.165) is 24.4 Å². The third-order valence-electron chi connectivity index (χ3n) is 5.85. The third-order valence-corrected chi connectivity index (χ3v) is 12.1. The summed E-state index contributed by atoms with van der Waals surface area (Å²) in [6.07, 6.45) is 6.35. The number of rotatable bonds is 9. The van der Waals surface area contributed by atoms with Crippen molar-refractivity contribution in [1.29, 1.82) is 0 Å². The van der Waals surface area contributed by atoms with Crippen LogP contribution in [0.4, 0.5) is 4.39 Å². The van der Waals surface area contributed by atoms with Crippen LogP contribution in [0.25, 0.3) is 0 Å². The summed E-state index contributed by atoms with van der Waals surface area (Å²) in [5.41, 5.74) is 0.744. The molecule has 2 unspecified atom stereocenters. The standard InChI is InChI=1S/C18H38FNO2Si2/c1-20(18(21)11-6-7-12-19)16-9-8-10-17(15-16)23(2,3)13-14-24(4,5)22/h16-17,22H,6-15H2,1-5H3. The second kappa shape index (κ2) is 9.48. The minimum atomic E-state index is -1.97. The van der Waals surface area contributed by atoms with Crippen LogP contribution in [0, 0.1) is 0 Å². The molecule has 0 heterocycles. The van der Waals surface area contributed by atoms with Crippen molar-refractivity contribution in [3.8, 4) is 0 Å². The van der Waals surface area contributed by atoms with Crippen LogP contribution in [0.3, 0.4) is 0 Å². The molecule has 2 atom stereocenters. The van der Waals surface area contributed by atoms with Crippen LogP contribution in [0.2, 0.25) is 43.8 Å². The van der Waals surface area contributed by atoms with Gasteiger partial charge in [0.1, 0.15) is 0 Å². The lowest BCUT2D eigenvalue weighted by molar-refractivity contribution is -0.132. The molecule has 1 aliphatic carbocycles. The Balaban J connectivity index is 2.57. The minimum Gasteiger partial charge on any atom is -0.432 e. The van der Waals surface area contributed by atoms with Gasteiger partial charge in [-0.05, 0) is 50.4 Å². The maximum Gasteiger partial charge on any atom is 0.222 e. The van der Waals surface area contributed by atoms with E-state index in [1.165, 1.54) is 18.9 Å². The average molecular weight is 376 g/mol. The lowest BCUT2D eigenvalue weighted by Crippen LogP contribution is -2.44. The molecule has 0 bridgehead atoms. The quantitative estimate of drug-likeness (QED) is 0.464. The highest BCUT2D eigenvalue weighted by Crippen LogP contribution is 2.41. The predicted molar refractivity (Wildman–Crippen MR) is 105 cm³/mol. The Kier molecular flexibility index (Phi) is 8.63. The second-order valence-electron chi connectivity index (χ2n) is 8.97. The van der Waals surface area contributed by atoms with Crippen LogP contribution < -0.4 is 0 Å². The van der Waals surface area contributed by atoms with Gasteiger partial charge in [0.05, 0.1) is 14.7 Å². The number of carbonyl (C=O) groups excluding carboxylic acids is 1. The van der Waals surface area contributed by atoms with Gasteiger partial charge in [-0.2, -0.15) is 0 Å². The molecule has 1 rings (SSSR count). The molecule has 1 N–H and O–H groups in total. The maximum atomic E-state index is 12.3.